The molecule has 0 radical (unpaired) electrons. The van der Waals surface area contributed by atoms with E-state index in [1.807, 2.05) is 0 Å². The monoisotopic (exact) mass is 352 g/mol. The number of hydrogen-bond acceptors (Lipinski definition) is 2. The first-order valence-electron chi connectivity index (χ1n) is 7.37. The maximum absolute atomic E-state index is 13.6. The van der Waals surface area contributed by atoms with E-state index in [2.05, 4.69) is 5.32 Å². The number of anilines is 2. The molecule has 2 amide bonds. The van der Waals surface area contributed by atoms with E-state index in [1.54, 1.807) is 0 Å². The topological polar surface area (TPSA) is 49.4 Å². The van der Waals surface area contributed by atoms with Crippen LogP contribution in [0, 0.1) is 29.2 Å². The third kappa shape index (κ3) is 3.33. The number of benzene rings is 2. The van der Waals surface area contributed by atoms with Gasteiger partial charge in [0.25, 0.3) is 0 Å². The molecular weight excluding hydrogens is 340 g/mol. The molecule has 1 fully saturated rings. The summed E-state index contributed by atoms with van der Waals surface area (Å²) in [4.78, 5) is 25.4. The van der Waals surface area contributed by atoms with Gasteiger partial charge in [0.1, 0.15) is 17.3 Å². The Morgan fingerprint density at radius 3 is 2.32 bits per heavy atom. The predicted molar refractivity (Wildman–Crippen MR) is 81.8 cm³/mol. The van der Waals surface area contributed by atoms with Crippen molar-refractivity contribution in [1.29, 1.82) is 0 Å². The molecule has 2 aromatic carbocycles. The fraction of sp³-hybridized carbons (Fsp3) is 0.176. The van der Waals surface area contributed by atoms with Crippen LogP contribution in [0.15, 0.2) is 36.4 Å². The smallest absolute Gasteiger partial charge is 0.229 e. The first-order chi connectivity index (χ1) is 11.9. The van der Waals surface area contributed by atoms with E-state index in [1.165, 1.54) is 6.07 Å². The van der Waals surface area contributed by atoms with Crippen molar-refractivity contribution in [1.82, 2.24) is 0 Å². The molecule has 0 saturated carbocycles. The van der Waals surface area contributed by atoms with Gasteiger partial charge >= 0.3 is 0 Å². The molecule has 130 valence electrons. The molecule has 0 spiro atoms. The predicted octanol–water partition coefficient (Wildman–Crippen LogP) is 3.23. The zero-order valence-corrected chi connectivity index (χ0v) is 12.7. The average molecular weight is 352 g/mol. The van der Waals surface area contributed by atoms with Crippen molar-refractivity contribution in [2.24, 2.45) is 5.92 Å². The van der Waals surface area contributed by atoms with Gasteiger partial charge in [0.05, 0.1) is 5.92 Å². The fourth-order valence-electron chi connectivity index (χ4n) is 2.63. The molecule has 8 heteroatoms. The molecule has 1 N–H and O–H groups in total. The van der Waals surface area contributed by atoms with Gasteiger partial charge in [-0.25, -0.2) is 17.6 Å². The highest BCUT2D eigenvalue weighted by Crippen LogP contribution is 2.28. The molecule has 0 aromatic heterocycles. The fourth-order valence-corrected chi connectivity index (χ4v) is 2.63. The summed E-state index contributed by atoms with van der Waals surface area (Å²) in [6.07, 6.45) is -0.207. The van der Waals surface area contributed by atoms with Crippen LogP contribution in [0.25, 0.3) is 0 Å². The minimum Gasteiger partial charge on any atom is -0.321 e. The first kappa shape index (κ1) is 16.9. The van der Waals surface area contributed by atoms with Crippen LogP contribution in [-0.4, -0.2) is 18.4 Å². The highest BCUT2D eigenvalue weighted by atomic mass is 19.2. The van der Waals surface area contributed by atoms with Crippen molar-refractivity contribution in [3.63, 3.8) is 0 Å². The highest BCUT2D eigenvalue weighted by molar-refractivity contribution is 6.03. The Bertz CT molecular complexity index is 836. The van der Waals surface area contributed by atoms with Gasteiger partial charge in [-0.1, -0.05) is 6.07 Å². The molecular formula is C17H12F4N2O2. The number of amides is 2. The van der Waals surface area contributed by atoms with Crippen molar-refractivity contribution in [2.75, 3.05) is 16.8 Å². The van der Waals surface area contributed by atoms with Gasteiger partial charge in [-0.3, -0.25) is 9.59 Å². The third-order valence-electron chi connectivity index (χ3n) is 3.92. The zero-order chi connectivity index (χ0) is 18.1. The molecule has 1 aliphatic heterocycles. The Morgan fingerprint density at radius 2 is 1.68 bits per heavy atom. The SMILES string of the molecule is O=C(Nc1c(F)cccc1F)C1CC(=O)N(c2ccc(F)c(F)c2)C1. The molecule has 3 rings (SSSR count). The number of hydrogen-bond donors (Lipinski definition) is 1. The lowest BCUT2D eigenvalue weighted by atomic mass is 10.1. The second-order valence-corrected chi connectivity index (χ2v) is 5.59. The quantitative estimate of drug-likeness (QED) is 0.863. The summed E-state index contributed by atoms with van der Waals surface area (Å²) < 4.78 is 53.5. The largest absolute Gasteiger partial charge is 0.321 e. The minimum absolute atomic E-state index is 0.105. The summed E-state index contributed by atoms with van der Waals surface area (Å²) >= 11 is 0. The molecule has 1 saturated heterocycles. The summed E-state index contributed by atoms with van der Waals surface area (Å²) in [6.45, 7) is -0.105. The summed E-state index contributed by atoms with van der Waals surface area (Å²) in [6, 6.07) is 6.08. The van der Waals surface area contributed by atoms with Crippen LogP contribution >= 0.6 is 0 Å². The van der Waals surface area contributed by atoms with Crippen LogP contribution in [0.3, 0.4) is 0 Å². The van der Waals surface area contributed by atoms with Crippen LogP contribution in [0.4, 0.5) is 28.9 Å². The van der Waals surface area contributed by atoms with Crippen molar-refractivity contribution in [3.05, 3.63) is 59.7 Å². The van der Waals surface area contributed by atoms with Crippen molar-refractivity contribution in [2.45, 2.75) is 6.42 Å². The standard InChI is InChI=1S/C17H12F4N2O2/c18-11-5-4-10(7-14(11)21)23-8-9(6-15(23)24)17(25)22-16-12(19)2-1-3-13(16)20/h1-5,7,9H,6,8H2,(H,22,25). The van der Waals surface area contributed by atoms with Gasteiger partial charge in [0, 0.05) is 24.7 Å². The van der Waals surface area contributed by atoms with Crippen LogP contribution in [0.5, 0.6) is 0 Å². The van der Waals surface area contributed by atoms with Gasteiger partial charge < -0.3 is 10.2 Å². The number of carbonyl (C=O) groups is 2. The zero-order valence-electron chi connectivity index (χ0n) is 12.7. The van der Waals surface area contributed by atoms with Crippen LogP contribution in [0.1, 0.15) is 6.42 Å². The Morgan fingerprint density at radius 1 is 1.00 bits per heavy atom. The maximum Gasteiger partial charge on any atom is 0.229 e. The van der Waals surface area contributed by atoms with Crippen LogP contribution in [0.2, 0.25) is 0 Å². The van der Waals surface area contributed by atoms with Gasteiger partial charge in [0.2, 0.25) is 11.8 Å². The number of nitrogens with zero attached hydrogens (tertiary/aromatic N) is 1. The molecule has 0 bridgehead atoms. The van der Waals surface area contributed by atoms with Gasteiger partial charge in [-0.15, -0.1) is 0 Å². The lowest BCUT2D eigenvalue weighted by molar-refractivity contribution is -0.122. The molecule has 1 aliphatic rings. The van der Waals surface area contributed by atoms with E-state index >= 15 is 0 Å². The number of para-hydroxylation sites is 1. The second kappa shape index (κ2) is 6.54. The Balaban J connectivity index is 1.75. The number of rotatable bonds is 3. The lowest BCUT2D eigenvalue weighted by Gasteiger charge is -2.17. The minimum atomic E-state index is -1.12. The maximum atomic E-state index is 13.6. The summed E-state index contributed by atoms with van der Waals surface area (Å²) in [7, 11) is 0. The lowest BCUT2D eigenvalue weighted by Crippen LogP contribution is -2.28. The molecule has 1 atom stereocenters. The Labute approximate surface area is 140 Å². The van der Waals surface area contributed by atoms with E-state index in [0.717, 1.165) is 35.2 Å². The number of halogens is 4. The molecule has 0 aliphatic carbocycles. The third-order valence-corrected chi connectivity index (χ3v) is 3.92. The van der Waals surface area contributed by atoms with Crippen molar-refractivity contribution >= 4 is 23.2 Å². The summed E-state index contributed by atoms with van der Waals surface area (Å²) in [5.74, 6) is -6.13. The van der Waals surface area contributed by atoms with Crippen molar-refractivity contribution in [3.8, 4) is 0 Å². The van der Waals surface area contributed by atoms with E-state index in [4.69, 9.17) is 0 Å². The van der Waals surface area contributed by atoms with Crippen molar-refractivity contribution < 1.29 is 27.2 Å². The molecule has 25 heavy (non-hydrogen) atoms. The van der Waals surface area contributed by atoms with E-state index < -0.39 is 46.7 Å². The summed E-state index contributed by atoms with van der Waals surface area (Å²) in [5, 5.41) is 2.13. The Hall–Kier alpha value is -2.90. The van der Waals surface area contributed by atoms with Gasteiger partial charge in [0.15, 0.2) is 11.6 Å². The highest BCUT2D eigenvalue weighted by Gasteiger charge is 2.36. The Kier molecular flexibility index (Phi) is 4.43. The number of carbonyl (C=O) groups excluding carboxylic acids is 2. The molecule has 1 heterocycles. The van der Waals surface area contributed by atoms with Crippen LogP contribution in [-0.2, 0) is 9.59 Å². The normalized spacial score (nSPS) is 17.0. The molecule has 1 unspecified atom stereocenters. The van der Waals surface area contributed by atoms with E-state index in [9.17, 15) is 27.2 Å². The molecule has 2 aromatic rings. The molecule has 4 nitrogen and oxygen atoms in total. The average Bonchev–Trinajstić information content (AvgIpc) is 2.95. The van der Waals surface area contributed by atoms with Gasteiger partial charge in [-0.05, 0) is 24.3 Å². The van der Waals surface area contributed by atoms with E-state index in [0.29, 0.717) is 0 Å². The van der Waals surface area contributed by atoms with Gasteiger partial charge in [-0.2, -0.15) is 0 Å². The number of nitrogens with one attached hydrogen (secondary N) is 1. The second-order valence-electron chi connectivity index (χ2n) is 5.59. The van der Waals surface area contributed by atoms with E-state index in [-0.39, 0.29) is 18.7 Å². The first-order valence-corrected chi connectivity index (χ1v) is 7.37. The van der Waals surface area contributed by atoms with Crippen LogP contribution < -0.4 is 10.2 Å². The summed E-state index contributed by atoms with van der Waals surface area (Å²) in [5.41, 5.74) is -0.484.